The van der Waals surface area contributed by atoms with Gasteiger partial charge in [-0.1, -0.05) is 23.2 Å². The Morgan fingerprint density at radius 3 is 2.79 bits per heavy atom. The average Bonchev–Trinajstić information content (AvgIpc) is 2.67. The van der Waals surface area contributed by atoms with E-state index in [-0.39, 0.29) is 17.5 Å². The zero-order chi connectivity index (χ0) is 13.9. The fraction of sp³-hybridized carbons (Fsp3) is 0.500. The minimum Gasteiger partial charge on any atom is -0.491 e. The summed E-state index contributed by atoms with van der Waals surface area (Å²) in [6.07, 6.45) is 0.671. The van der Waals surface area contributed by atoms with Crippen LogP contribution in [0.4, 0.5) is 0 Å². The predicted octanol–water partition coefficient (Wildman–Crippen LogP) is 2.15. The highest BCUT2D eigenvalue weighted by molar-refractivity contribution is 7.91. The van der Waals surface area contributed by atoms with E-state index in [1.54, 1.807) is 18.2 Å². The van der Waals surface area contributed by atoms with E-state index in [9.17, 15) is 8.42 Å². The van der Waals surface area contributed by atoms with Crippen LogP contribution in [0.5, 0.6) is 5.75 Å². The number of ether oxygens (including phenoxy) is 1. The molecule has 7 heteroatoms. The molecule has 0 radical (unpaired) electrons. The Kier molecular flexibility index (Phi) is 4.95. The summed E-state index contributed by atoms with van der Waals surface area (Å²) in [7, 11) is -2.84. The Morgan fingerprint density at radius 2 is 2.16 bits per heavy atom. The van der Waals surface area contributed by atoms with Crippen molar-refractivity contribution in [3.8, 4) is 5.75 Å². The molecule has 0 aliphatic carbocycles. The molecule has 1 heterocycles. The van der Waals surface area contributed by atoms with Crippen LogP contribution in [0, 0.1) is 0 Å². The normalized spacial score (nSPS) is 21.5. The van der Waals surface area contributed by atoms with Crippen LogP contribution in [-0.2, 0) is 9.84 Å². The van der Waals surface area contributed by atoms with Gasteiger partial charge in [-0.15, -0.1) is 0 Å². The smallest absolute Gasteiger partial charge is 0.151 e. The zero-order valence-corrected chi connectivity index (χ0v) is 12.6. The molecule has 1 fully saturated rings. The summed E-state index contributed by atoms with van der Waals surface area (Å²) in [4.78, 5) is 0. The number of benzene rings is 1. The number of hydrogen-bond donors (Lipinski definition) is 1. The minimum absolute atomic E-state index is 0.0364. The van der Waals surface area contributed by atoms with Crippen LogP contribution in [0.2, 0.25) is 10.0 Å². The molecule has 0 amide bonds. The van der Waals surface area contributed by atoms with Gasteiger partial charge in [0.05, 0.1) is 16.5 Å². The van der Waals surface area contributed by atoms with Gasteiger partial charge in [-0.2, -0.15) is 0 Å². The van der Waals surface area contributed by atoms with E-state index in [0.717, 1.165) is 0 Å². The lowest BCUT2D eigenvalue weighted by molar-refractivity contribution is 0.307. The van der Waals surface area contributed by atoms with Gasteiger partial charge in [0, 0.05) is 17.6 Å². The van der Waals surface area contributed by atoms with E-state index < -0.39 is 9.84 Å². The number of hydrogen-bond acceptors (Lipinski definition) is 4. The van der Waals surface area contributed by atoms with E-state index in [4.69, 9.17) is 27.9 Å². The monoisotopic (exact) mass is 323 g/mol. The maximum absolute atomic E-state index is 11.3. The summed E-state index contributed by atoms with van der Waals surface area (Å²) in [6, 6.07) is 5.08. The maximum atomic E-state index is 11.3. The SMILES string of the molecule is O=S1(=O)CCC(NCCOc2ccc(Cl)cc2Cl)C1. The van der Waals surface area contributed by atoms with Gasteiger partial charge in [0.1, 0.15) is 12.4 Å². The molecule has 1 saturated heterocycles. The van der Waals surface area contributed by atoms with Gasteiger partial charge in [0.2, 0.25) is 0 Å². The molecule has 0 spiro atoms. The van der Waals surface area contributed by atoms with E-state index in [2.05, 4.69) is 5.32 Å². The third kappa shape index (κ3) is 4.53. The molecular weight excluding hydrogens is 309 g/mol. The van der Waals surface area contributed by atoms with Gasteiger partial charge in [-0.3, -0.25) is 0 Å². The summed E-state index contributed by atoms with van der Waals surface area (Å²) in [5.74, 6) is 1.07. The van der Waals surface area contributed by atoms with Crippen molar-refractivity contribution in [2.75, 3.05) is 24.7 Å². The topological polar surface area (TPSA) is 55.4 Å². The molecule has 4 nitrogen and oxygen atoms in total. The van der Waals surface area contributed by atoms with Crippen LogP contribution in [-0.4, -0.2) is 39.1 Å². The van der Waals surface area contributed by atoms with Crippen molar-refractivity contribution >= 4 is 33.0 Å². The van der Waals surface area contributed by atoms with E-state index in [1.807, 2.05) is 0 Å². The van der Waals surface area contributed by atoms with E-state index in [0.29, 0.717) is 35.4 Å². The second-order valence-electron chi connectivity index (χ2n) is 4.48. The quantitative estimate of drug-likeness (QED) is 0.843. The lowest BCUT2D eigenvalue weighted by Crippen LogP contribution is -2.33. The number of halogens is 2. The molecule has 1 aromatic carbocycles. The summed E-state index contributed by atoms with van der Waals surface area (Å²) in [6.45, 7) is 1.01. The minimum atomic E-state index is -2.84. The van der Waals surface area contributed by atoms with E-state index in [1.165, 1.54) is 0 Å². The summed E-state index contributed by atoms with van der Waals surface area (Å²) in [5.41, 5.74) is 0. The van der Waals surface area contributed by atoms with Crippen molar-refractivity contribution in [1.29, 1.82) is 0 Å². The zero-order valence-electron chi connectivity index (χ0n) is 10.2. The molecule has 1 aliphatic heterocycles. The highest BCUT2D eigenvalue weighted by Gasteiger charge is 2.27. The molecule has 1 aromatic rings. The first kappa shape index (κ1) is 14.9. The highest BCUT2D eigenvalue weighted by atomic mass is 35.5. The molecule has 2 rings (SSSR count). The number of rotatable bonds is 5. The Labute approximate surface area is 123 Å². The maximum Gasteiger partial charge on any atom is 0.151 e. The van der Waals surface area contributed by atoms with Crippen LogP contribution in [0.1, 0.15) is 6.42 Å². The molecule has 0 bridgehead atoms. The fourth-order valence-corrected chi connectivity index (χ4v) is 4.14. The molecule has 1 atom stereocenters. The summed E-state index contributed by atoms with van der Waals surface area (Å²) >= 11 is 11.7. The Morgan fingerprint density at radius 1 is 1.37 bits per heavy atom. The number of nitrogens with one attached hydrogen (secondary N) is 1. The highest BCUT2D eigenvalue weighted by Crippen LogP contribution is 2.27. The Bertz CT molecular complexity index is 548. The first-order valence-corrected chi connectivity index (χ1v) is 8.56. The Balaban J connectivity index is 1.72. The standard InChI is InChI=1S/C12H15Cl2NO3S/c13-9-1-2-12(11(14)7-9)18-5-4-15-10-3-6-19(16,17)8-10/h1-2,7,10,15H,3-6,8H2. The largest absolute Gasteiger partial charge is 0.491 e. The van der Waals surface area contributed by atoms with Crippen LogP contribution in [0.25, 0.3) is 0 Å². The van der Waals surface area contributed by atoms with Crippen LogP contribution in [0.3, 0.4) is 0 Å². The Hall–Kier alpha value is -0.490. The molecule has 1 N–H and O–H groups in total. The van der Waals surface area contributed by atoms with Crippen molar-refractivity contribution in [2.24, 2.45) is 0 Å². The second kappa shape index (κ2) is 6.31. The van der Waals surface area contributed by atoms with Crippen molar-refractivity contribution in [2.45, 2.75) is 12.5 Å². The molecular formula is C12H15Cl2NO3S. The van der Waals surface area contributed by atoms with Crippen molar-refractivity contribution in [1.82, 2.24) is 5.32 Å². The van der Waals surface area contributed by atoms with Gasteiger partial charge in [-0.05, 0) is 24.6 Å². The average molecular weight is 324 g/mol. The first-order chi connectivity index (χ1) is 8.96. The van der Waals surface area contributed by atoms with Crippen LogP contribution >= 0.6 is 23.2 Å². The molecule has 1 aliphatic rings. The van der Waals surface area contributed by atoms with Gasteiger partial charge in [0.25, 0.3) is 0 Å². The number of sulfone groups is 1. The van der Waals surface area contributed by atoms with Crippen LogP contribution in [0.15, 0.2) is 18.2 Å². The van der Waals surface area contributed by atoms with E-state index >= 15 is 0 Å². The third-order valence-corrected chi connectivity index (χ3v) is 5.22. The lowest BCUT2D eigenvalue weighted by atomic mass is 10.3. The van der Waals surface area contributed by atoms with Crippen molar-refractivity contribution in [3.63, 3.8) is 0 Å². The van der Waals surface area contributed by atoms with Crippen molar-refractivity contribution < 1.29 is 13.2 Å². The summed E-state index contributed by atoms with van der Waals surface area (Å²) in [5, 5.41) is 4.20. The molecule has 19 heavy (non-hydrogen) atoms. The summed E-state index contributed by atoms with van der Waals surface area (Å²) < 4.78 is 28.0. The lowest BCUT2D eigenvalue weighted by Gasteiger charge is -2.12. The van der Waals surface area contributed by atoms with Gasteiger partial charge in [0.15, 0.2) is 9.84 Å². The van der Waals surface area contributed by atoms with Crippen molar-refractivity contribution in [3.05, 3.63) is 28.2 Å². The molecule has 1 unspecified atom stereocenters. The third-order valence-electron chi connectivity index (χ3n) is 2.92. The molecule has 106 valence electrons. The van der Waals surface area contributed by atoms with Gasteiger partial charge in [-0.25, -0.2) is 8.42 Å². The van der Waals surface area contributed by atoms with Gasteiger partial charge >= 0.3 is 0 Å². The first-order valence-electron chi connectivity index (χ1n) is 5.98. The fourth-order valence-electron chi connectivity index (χ4n) is 1.97. The molecule has 0 aromatic heterocycles. The second-order valence-corrected chi connectivity index (χ2v) is 7.55. The van der Waals surface area contributed by atoms with Gasteiger partial charge < -0.3 is 10.1 Å². The molecule has 0 saturated carbocycles. The predicted molar refractivity (Wildman–Crippen MR) is 77.0 cm³/mol. The van der Waals surface area contributed by atoms with Crippen LogP contribution < -0.4 is 10.1 Å².